The molecule has 0 N–H and O–H groups in total. The van der Waals surface area contributed by atoms with Crippen molar-refractivity contribution in [1.82, 2.24) is 30.6 Å². The second-order valence-electron chi connectivity index (χ2n) is 31.1. The van der Waals surface area contributed by atoms with E-state index in [1.165, 1.54) is 33.4 Å². The van der Waals surface area contributed by atoms with E-state index in [0.717, 1.165) is 116 Å². The standard InChI is InChI=1S/C90H126N6O9/c1-61(2)25-19-31-67(13)43-49-97-79-40-37-73(58-82(79)100-52-46-70(16)34-22-28-64(7)8)85-91-94-88(103-85)76-55-77(89-95-92-86(104-89)74-38-41-80(98-50-44-68(14)32-20-26-62(3)4)83(59-74)101-53-47-71(17)35-23-29-65(9)10)57-78(56-76)90-96-93-87(105-90)75-39-42-81(99-51-45-69(15)33-21-27-63(5)6)84(60-75)102-54-48-72(18)36-24-30-66(11)12/h25-30,37-42,55-60,67-72H,19-24,31-36,43-54H2,1-18H3/t67-,68-,69-,70-,71-,72-/m0/s1. The lowest BCUT2D eigenvalue weighted by Gasteiger charge is -2.17. The van der Waals surface area contributed by atoms with E-state index in [0.29, 0.717) is 161 Å². The molecule has 15 heteroatoms. The Labute approximate surface area is 630 Å². The highest BCUT2D eigenvalue weighted by Gasteiger charge is 2.23. The number of aromatic nitrogens is 6. The molecule has 0 bridgehead atoms. The second-order valence-corrected chi connectivity index (χ2v) is 31.1. The summed E-state index contributed by atoms with van der Waals surface area (Å²) in [4.78, 5) is 0. The van der Waals surface area contributed by atoms with Crippen LogP contribution in [0.3, 0.4) is 0 Å². The largest absolute Gasteiger partial charge is 0.490 e. The fourth-order valence-electron chi connectivity index (χ4n) is 12.0. The van der Waals surface area contributed by atoms with Gasteiger partial charge in [0.2, 0.25) is 35.3 Å². The molecule has 0 aliphatic carbocycles. The van der Waals surface area contributed by atoms with Gasteiger partial charge in [0, 0.05) is 33.4 Å². The highest BCUT2D eigenvalue weighted by atomic mass is 16.5. The molecule has 4 aromatic carbocycles. The molecule has 3 aromatic heterocycles. The van der Waals surface area contributed by atoms with E-state index < -0.39 is 0 Å². The van der Waals surface area contributed by atoms with Crippen LogP contribution in [-0.2, 0) is 0 Å². The van der Waals surface area contributed by atoms with Crippen LogP contribution in [0.25, 0.3) is 68.7 Å². The van der Waals surface area contributed by atoms with E-state index in [1.807, 2.05) is 72.8 Å². The van der Waals surface area contributed by atoms with Crippen molar-refractivity contribution >= 4 is 0 Å². The number of hydrogen-bond donors (Lipinski definition) is 0. The minimum absolute atomic E-state index is 0.236. The van der Waals surface area contributed by atoms with Crippen LogP contribution in [0.1, 0.15) is 240 Å². The summed E-state index contributed by atoms with van der Waals surface area (Å²) in [5.41, 5.74) is 11.7. The van der Waals surface area contributed by atoms with Gasteiger partial charge in [-0.05, 0) is 307 Å². The Balaban J connectivity index is 1.24. The number of allylic oxidation sites excluding steroid dienone is 12. The third-order valence-corrected chi connectivity index (χ3v) is 19.0. The normalized spacial score (nSPS) is 13.0. The summed E-state index contributed by atoms with van der Waals surface area (Å²) in [6.45, 7) is 42.8. The van der Waals surface area contributed by atoms with Crippen LogP contribution in [-0.4, -0.2) is 70.2 Å². The summed E-state index contributed by atoms with van der Waals surface area (Å²) in [6.07, 6.45) is 32.1. The Morgan fingerprint density at radius 1 is 0.248 bits per heavy atom. The summed E-state index contributed by atoms with van der Waals surface area (Å²) >= 11 is 0. The third-order valence-electron chi connectivity index (χ3n) is 19.0. The van der Waals surface area contributed by atoms with Crippen LogP contribution in [0.2, 0.25) is 0 Å². The minimum Gasteiger partial charge on any atom is -0.490 e. The Hall–Kier alpha value is -8.46. The zero-order valence-electron chi connectivity index (χ0n) is 67.2. The third kappa shape index (κ3) is 30.5. The van der Waals surface area contributed by atoms with E-state index >= 15 is 0 Å². The van der Waals surface area contributed by atoms with Crippen molar-refractivity contribution < 1.29 is 41.7 Å². The number of nitrogens with zero attached hydrogens (tertiary/aromatic N) is 6. The Morgan fingerprint density at radius 2 is 0.429 bits per heavy atom. The molecule has 0 fully saturated rings. The molecule has 0 radical (unpaired) electrons. The molecular formula is C90H126N6O9. The van der Waals surface area contributed by atoms with Crippen molar-refractivity contribution in [1.29, 1.82) is 0 Å². The number of benzene rings is 4. The zero-order chi connectivity index (χ0) is 75.6. The zero-order valence-corrected chi connectivity index (χ0v) is 67.2. The number of ether oxygens (including phenoxy) is 6. The van der Waals surface area contributed by atoms with E-state index in [9.17, 15) is 0 Å². The summed E-state index contributed by atoms with van der Waals surface area (Å²) in [6, 6.07) is 23.1. The van der Waals surface area contributed by atoms with Gasteiger partial charge in [0.1, 0.15) is 0 Å². The number of rotatable bonds is 48. The molecule has 0 saturated heterocycles. The molecule has 0 unspecified atom stereocenters. The first-order valence-corrected chi connectivity index (χ1v) is 39.1. The van der Waals surface area contributed by atoms with Gasteiger partial charge in [-0.25, -0.2) is 0 Å². The van der Waals surface area contributed by atoms with Gasteiger partial charge in [-0.3, -0.25) is 0 Å². The monoisotopic (exact) mass is 1430 g/mol. The van der Waals surface area contributed by atoms with Crippen LogP contribution < -0.4 is 28.4 Å². The van der Waals surface area contributed by atoms with E-state index in [4.69, 9.17) is 41.7 Å². The van der Waals surface area contributed by atoms with Crippen molar-refractivity contribution in [2.24, 2.45) is 35.5 Å². The van der Waals surface area contributed by atoms with Gasteiger partial charge >= 0.3 is 0 Å². The average Bonchev–Trinajstić information content (AvgIpc) is 1.68. The fraction of sp³-hybridized carbons (Fsp3) is 0.533. The summed E-state index contributed by atoms with van der Waals surface area (Å²) in [5, 5.41) is 28.0. The van der Waals surface area contributed by atoms with Crippen LogP contribution in [0.15, 0.2) is 156 Å². The Kier molecular flexibility index (Phi) is 35.5. The van der Waals surface area contributed by atoms with E-state index in [2.05, 4.69) is 192 Å². The first-order chi connectivity index (χ1) is 50.4. The molecule has 15 nitrogen and oxygen atoms in total. The quantitative estimate of drug-likeness (QED) is 0.0330. The van der Waals surface area contributed by atoms with Crippen LogP contribution in [0, 0.1) is 35.5 Å². The van der Waals surface area contributed by atoms with Crippen molar-refractivity contribution in [2.45, 2.75) is 240 Å². The molecule has 7 aromatic rings. The molecule has 0 amide bonds. The van der Waals surface area contributed by atoms with E-state index in [1.54, 1.807) is 0 Å². The molecular weight excluding hydrogens is 1310 g/mol. The lowest BCUT2D eigenvalue weighted by molar-refractivity contribution is 0.239. The minimum atomic E-state index is 0.236. The molecule has 6 atom stereocenters. The van der Waals surface area contributed by atoms with Gasteiger partial charge in [-0.1, -0.05) is 111 Å². The van der Waals surface area contributed by atoms with Crippen LogP contribution in [0.4, 0.5) is 0 Å². The van der Waals surface area contributed by atoms with Crippen LogP contribution in [0.5, 0.6) is 34.5 Å². The van der Waals surface area contributed by atoms with Crippen LogP contribution >= 0.6 is 0 Å². The van der Waals surface area contributed by atoms with E-state index in [-0.39, 0.29) is 17.7 Å². The summed E-state index contributed by atoms with van der Waals surface area (Å²) in [7, 11) is 0. The summed E-state index contributed by atoms with van der Waals surface area (Å²) in [5.74, 6) is 8.41. The van der Waals surface area contributed by atoms with Gasteiger partial charge < -0.3 is 41.7 Å². The summed E-state index contributed by atoms with van der Waals surface area (Å²) < 4.78 is 59.3. The van der Waals surface area contributed by atoms with Crippen molar-refractivity contribution in [3.05, 3.63) is 143 Å². The molecule has 105 heavy (non-hydrogen) atoms. The van der Waals surface area contributed by atoms with Gasteiger partial charge in [-0.2, -0.15) is 0 Å². The topological polar surface area (TPSA) is 172 Å². The fourth-order valence-corrected chi connectivity index (χ4v) is 12.0. The predicted molar refractivity (Wildman–Crippen MR) is 430 cm³/mol. The Morgan fingerprint density at radius 3 is 0.619 bits per heavy atom. The van der Waals surface area contributed by atoms with Gasteiger partial charge in [0.05, 0.1) is 39.6 Å². The maximum atomic E-state index is 6.66. The smallest absolute Gasteiger partial charge is 0.248 e. The predicted octanol–water partition coefficient (Wildman–Crippen LogP) is 25.7. The maximum absolute atomic E-state index is 6.66. The van der Waals surface area contributed by atoms with Crippen molar-refractivity contribution in [3.63, 3.8) is 0 Å². The van der Waals surface area contributed by atoms with Gasteiger partial charge in [0.25, 0.3) is 0 Å². The van der Waals surface area contributed by atoms with Crippen molar-refractivity contribution in [3.8, 4) is 103 Å². The molecule has 570 valence electrons. The second kappa shape index (κ2) is 44.5. The molecule has 0 saturated carbocycles. The first-order valence-electron chi connectivity index (χ1n) is 39.1. The van der Waals surface area contributed by atoms with Gasteiger partial charge in [0.15, 0.2) is 34.5 Å². The highest BCUT2D eigenvalue weighted by molar-refractivity contribution is 5.75. The molecule has 0 spiro atoms. The van der Waals surface area contributed by atoms with Crippen molar-refractivity contribution in [2.75, 3.05) is 39.6 Å². The lowest BCUT2D eigenvalue weighted by atomic mass is 10.0. The Bertz CT molecular complexity index is 3520. The molecule has 0 aliphatic heterocycles. The lowest BCUT2D eigenvalue weighted by Crippen LogP contribution is -2.08. The van der Waals surface area contributed by atoms with Gasteiger partial charge in [-0.15, -0.1) is 30.6 Å². The molecule has 3 heterocycles. The first kappa shape index (κ1) is 83.8. The highest BCUT2D eigenvalue weighted by Crippen LogP contribution is 2.40. The maximum Gasteiger partial charge on any atom is 0.248 e. The molecule has 0 aliphatic rings. The molecule has 7 rings (SSSR count). The SMILES string of the molecule is CC(C)=CCC[C@H](C)CCOc1ccc(-c2nnc(-c3cc(-c4nnc(-c5ccc(OCC[C@@H](C)CCC=C(C)C)c(OCC[C@@H](C)CCC=C(C)C)c5)o4)cc(-c4nnc(-c5ccc(OCC[C@@H](C)CCC=C(C)C)c(OCC[C@@H](C)CCC=C(C)C)c5)o4)c3)o2)cc1OCC[C@@H](C)CCC=C(C)C. The average molecular weight is 1440 g/mol. The number of hydrogen-bond acceptors (Lipinski definition) is 15.